The summed E-state index contributed by atoms with van der Waals surface area (Å²) in [5.74, 6) is 0.817. The zero-order valence-electron chi connectivity index (χ0n) is 10.7. The third kappa shape index (κ3) is 3.80. The van der Waals surface area contributed by atoms with Gasteiger partial charge in [0, 0.05) is 19.6 Å². The van der Waals surface area contributed by atoms with Crippen LogP contribution in [0.3, 0.4) is 0 Å². The molecule has 0 amide bonds. The Balaban J connectivity index is 1.74. The molecule has 0 aliphatic carbocycles. The molecule has 3 N–H and O–H groups in total. The summed E-state index contributed by atoms with van der Waals surface area (Å²) >= 11 is 0. The van der Waals surface area contributed by atoms with E-state index in [2.05, 4.69) is 41.5 Å². The van der Waals surface area contributed by atoms with E-state index in [0.29, 0.717) is 6.54 Å². The van der Waals surface area contributed by atoms with Gasteiger partial charge in [-0.05, 0) is 43.6 Å². The van der Waals surface area contributed by atoms with Crippen LogP contribution in [0.1, 0.15) is 17.5 Å². The average molecular weight is 233 g/mol. The van der Waals surface area contributed by atoms with E-state index in [1.165, 1.54) is 30.6 Å². The summed E-state index contributed by atoms with van der Waals surface area (Å²) in [6.45, 7) is 5.18. The first-order valence-electron chi connectivity index (χ1n) is 6.45. The van der Waals surface area contributed by atoms with E-state index in [4.69, 9.17) is 5.73 Å². The van der Waals surface area contributed by atoms with Gasteiger partial charge >= 0.3 is 0 Å². The van der Waals surface area contributed by atoms with Crippen LogP contribution in [0.25, 0.3) is 0 Å². The number of nitrogens with zero attached hydrogens (tertiary/aromatic N) is 1. The summed E-state index contributed by atoms with van der Waals surface area (Å²) in [7, 11) is 2.20. The van der Waals surface area contributed by atoms with Gasteiger partial charge in [-0.3, -0.25) is 0 Å². The topological polar surface area (TPSA) is 41.3 Å². The number of nitrogens with one attached hydrogen (secondary N) is 1. The zero-order valence-corrected chi connectivity index (χ0v) is 10.7. The molecule has 0 saturated carbocycles. The molecule has 17 heavy (non-hydrogen) atoms. The molecule has 1 aromatic rings. The SMILES string of the molecule is CN1CCC(CNCc2cccc(CN)c2)C1. The standard InChI is InChI=1S/C14H23N3/c1-17-6-5-14(11-17)10-16-9-13-4-2-3-12(7-13)8-15/h2-4,7,14,16H,5-6,8-11,15H2,1H3. The van der Waals surface area contributed by atoms with E-state index in [0.717, 1.165) is 19.0 Å². The molecule has 94 valence electrons. The first-order valence-corrected chi connectivity index (χ1v) is 6.45. The molecule has 1 fully saturated rings. The fourth-order valence-corrected chi connectivity index (χ4v) is 2.48. The van der Waals surface area contributed by atoms with Crippen molar-refractivity contribution in [2.45, 2.75) is 19.5 Å². The van der Waals surface area contributed by atoms with Gasteiger partial charge in [0.05, 0.1) is 0 Å². The minimum atomic E-state index is 0.626. The fourth-order valence-electron chi connectivity index (χ4n) is 2.48. The Hall–Kier alpha value is -0.900. The van der Waals surface area contributed by atoms with E-state index in [9.17, 15) is 0 Å². The molecule has 2 rings (SSSR count). The monoisotopic (exact) mass is 233 g/mol. The van der Waals surface area contributed by atoms with Crippen molar-refractivity contribution in [2.24, 2.45) is 11.7 Å². The Morgan fingerprint density at radius 2 is 2.24 bits per heavy atom. The lowest BCUT2D eigenvalue weighted by molar-refractivity contribution is 0.388. The molecule has 1 aliphatic rings. The average Bonchev–Trinajstić information content (AvgIpc) is 2.75. The first-order chi connectivity index (χ1) is 8.28. The molecule has 1 heterocycles. The quantitative estimate of drug-likeness (QED) is 0.802. The highest BCUT2D eigenvalue weighted by Gasteiger charge is 2.18. The van der Waals surface area contributed by atoms with Gasteiger partial charge in [-0.25, -0.2) is 0 Å². The third-order valence-corrected chi connectivity index (χ3v) is 3.48. The highest BCUT2D eigenvalue weighted by molar-refractivity contribution is 5.23. The predicted octanol–water partition coefficient (Wildman–Crippen LogP) is 1.19. The highest BCUT2D eigenvalue weighted by Crippen LogP contribution is 2.13. The van der Waals surface area contributed by atoms with Crippen molar-refractivity contribution in [3.8, 4) is 0 Å². The van der Waals surface area contributed by atoms with Crippen LogP contribution < -0.4 is 11.1 Å². The van der Waals surface area contributed by atoms with Gasteiger partial charge in [-0.1, -0.05) is 24.3 Å². The molecule has 1 atom stereocenters. The fraction of sp³-hybridized carbons (Fsp3) is 0.571. The van der Waals surface area contributed by atoms with Crippen molar-refractivity contribution in [1.82, 2.24) is 10.2 Å². The van der Waals surface area contributed by atoms with E-state index >= 15 is 0 Å². The molecule has 0 radical (unpaired) electrons. The van der Waals surface area contributed by atoms with Crippen molar-refractivity contribution in [2.75, 3.05) is 26.7 Å². The Morgan fingerprint density at radius 3 is 2.94 bits per heavy atom. The number of hydrogen-bond donors (Lipinski definition) is 2. The van der Waals surface area contributed by atoms with E-state index in [1.807, 2.05) is 0 Å². The highest BCUT2D eigenvalue weighted by atomic mass is 15.1. The smallest absolute Gasteiger partial charge is 0.0205 e. The van der Waals surface area contributed by atoms with Gasteiger partial charge in [0.1, 0.15) is 0 Å². The lowest BCUT2D eigenvalue weighted by Crippen LogP contribution is -2.24. The van der Waals surface area contributed by atoms with E-state index in [1.54, 1.807) is 0 Å². The van der Waals surface area contributed by atoms with Crippen molar-refractivity contribution >= 4 is 0 Å². The van der Waals surface area contributed by atoms with Crippen LogP contribution in [0.5, 0.6) is 0 Å². The maximum absolute atomic E-state index is 5.64. The minimum absolute atomic E-state index is 0.626. The van der Waals surface area contributed by atoms with Crippen LogP contribution in [0.4, 0.5) is 0 Å². The summed E-state index contributed by atoms with van der Waals surface area (Å²) in [6.07, 6.45) is 1.33. The van der Waals surface area contributed by atoms with Gasteiger partial charge < -0.3 is 16.0 Å². The third-order valence-electron chi connectivity index (χ3n) is 3.48. The number of likely N-dealkylation sites (tertiary alicyclic amines) is 1. The van der Waals surface area contributed by atoms with Crippen molar-refractivity contribution in [3.63, 3.8) is 0 Å². The van der Waals surface area contributed by atoms with E-state index in [-0.39, 0.29) is 0 Å². The second-order valence-corrected chi connectivity index (χ2v) is 5.07. The first kappa shape index (κ1) is 12.6. The maximum Gasteiger partial charge on any atom is 0.0205 e. The van der Waals surface area contributed by atoms with Gasteiger partial charge in [0.2, 0.25) is 0 Å². The molecule has 3 heteroatoms. The number of benzene rings is 1. The van der Waals surface area contributed by atoms with Crippen LogP contribution in [-0.4, -0.2) is 31.6 Å². The molecule has 0 spiro atoms. The molecule has 1 aromatic carbocycles. The molecular weight excluding hydrogens is 210 g/mol. The summed E-state index contributed by atoms with van der Waals surface area (Å²) in [4.78, 5) is 2.40. The molecule has 0 aromatic heterocycles. The minimum Gasteiger partial charge on any atom is -0.326 e. The molecular formula is C14H23N3. The van der Waals surface area contributed by atoms with Crippen LogP contribution in [0.2, 0.25) is 0 Å². The Morgan fingerprint density at radius 1 is 1.41 bits per heavy atom. The number of rotatable bonds is 5. The summed E-state index contributed by atoms with van der Waals surface area (Å²) in [6, 6.07) is 8.51. The Labute approximate surface area is 104 Å². The second-order valence-electron chi connectivity index (χ2n) is 5.07. The van der Waals surface area contributed by atoms with Crippen LogP contribution in [0, 0.1) is 5.92 Å². The van der Waals surface area contributed by atoms with Gasteiger partial charge in [0.25, 0.3) is 0 Å². The summed E-state index contributed by atoms with van der Waals surface area (Å²) in [5.41, 5.74) is 8.18. The summed E-state index contributed by atoms with van der Waals surface area (Å²) in [5, 5.41) is 3.55. The van der Waals surface area contributed by atoms with Crippen molar-refractivity contribution in [1.29, 1.82) is 0 Å². The Bertz CT molecular complexity index is 351. The molecule has 3 nitrogen and oxygen atoms in total. The largest absolute Gasteiger partial charge is 0.326 e. The number of nitrogens with two attached hydrogens (primary N) is 1. The van der Waals surface area contributed by atoms with E-state index < -0.39 is 0 Å². The molecule has 1 unspecified atom stereocenters. The van der Waals surface area contributed by atoms with Crippen LogP contribution in [0.15, 0.2) is 24.3 Å². The predicted molar refractivity (Wildman–Crippen MR) is 71.6 cm³/mol. The van der Waals surface area contributed by atoms with Crippen LogP contribution in [-0.2, 0) is 13.1 Å². The van der Waals surface area contributed by atoms with Gasteiger partial charge in [0.15, 0.2) is 0 Å². The maximum atomic E-state index is 5.64. The second kappa shape index (κ2) is 6.15. The molecule has 1 aliphatic heterocycles. The van der Waals surface area contributed by atoms with Crippen molar-refractivity contribution < 1.29 is 0 Å². The lowest BCUT2D eigenvalue weighted by Gasteiger charge is -2.12. The summed E-state index contributed by atoms with van der Waals surface area (Å²) < 4.78 is 0. The molecule has 0 bridgehead atoms. The molecule has 1 saturated heterocycles. The Kier molecular flexibility index (Phi) is 4.54. The van der Waals surface area contributed by atoms with Gasteiger partial charge in [-0.15, -0.1) is 0 Å². The van der Waals surface area contributed by atoms with Crippen molar-refractivity contribution in [3.05, 3.63) is 35.4 Å². The number of hydrogen-bond acceptors (Lipinski definition) is 3. The van der Waals surface area contributed by atoms with Gasteiger partial charge in [-0.2, -0.15) is 0 Å². The lowest BCUT2D eigenvalue weighted by atomic mass is 10.1. The normalized spacial score (nSPS) is 20.9. The zero-order chi connectivity index (χ0) is 12.1. The van der Waals surface area contributed by atoms with Crippen LogP contribution >= 0.6 is 0 Å².